The van der Waals surface area contributed by atoms with E-state index in [4.69, 9.17) is 5.73 Å². The lowest BCUT2D eigenvalue weighted by molar-refractivity contribution is 0.0926. The number of carbonyl (C=O) groups is 2. The Morgan fingerprint density at radius 1 is 1.24 bits per heavy atom. The SMILES string of the molecule is C[C@@H](Cc1ccccc1)n1cccc1C(=O)N[C@H]1CCN(C(N)=O)C1. The first-order valence-electron chi connectivity index (χ1n) is 8.60. The van der Waals surface area contributed by atoms with Crippen LogP contribution in [-0.4, -0.2) is 40.5 Å². The van der Waals surface area contributed by atoms with Crippen molar-refractivity contribution in [2.75, 3.05) is 13.1 Å². The Bertz CT molecular complexity index is 741. The van der Waals surface area contributed by atoms with Crippen LogP contribution in [0.3, 0.4) is 0 Å². The van der Waals surface area contributed by atoms with Crippen LogP contribution in [0.5, 0.6) is 0 Å². The zero-order valence-electron chi connectivity index (χ0n) is 14.4. The molecule has 25 heavy (non-hydrogen) atoms. The molecule has 2 heterocycles. The van der Waals surface area contributed by atoms with Crippen molar-refractivity contribution >= 4 is 11.9 Å². The van der Waals surface area contributed by atoms with Crippen molar-refractivity contribution in [2.45, 2.75) is 31.8 Å². The van der Waals surface area contributed by atoms with Gasteiger partial charge in [0.15, 0.2) is 0 Å². The van der Waals surface area contributed by atoms with Gasteiger partial charge in [0.2, 0.25) is 0 Å². The number of hydrogen-bond acceptors (Lipinski definition) is 2. The summed E-state index contributed by atoms with van der Waals surface area (Å²) in [5.74, 6) is -0.110. The van der Waals surface area contributed by atoms with Gasteiger partial charge in [0.05, 0.1) is 0 Å². The molecule has 0 saturated carbocycles. The first-order chi connectivity index (χ1) is 12.0. The molecule has 0 bridgehead atoms. The summed E-state index contributed by atoms with van der Waals surface area (Å²) in [5.41, 5.74) is 7.17. The number of rotatable bonds is 5. The van der Waals surface area contributed by atoms with Crippen LogP contribution in [0.15, 0.2) is 48.7 Å². The topological polar surface area (TPSA) is 80.4 Å². The Morgan fingerprint density at radius 2 is 2.00 bits per heavy atom. The van der Waals surface area contributed by atoms with Crippen LogP contribution in [-0.2, 0) is 6.42 Å². The lowest BCUT2D eigenvalue weighted by atomic mass is 10.1. The smallest absolute Gasteiger partial charge is 0.314 e. The van der Waals surface area contributed by atoms with Gasteiger partial charge in [-0.1, -0.05) is 30.3 Å². The third-order valence-electron chi connectivity index (χ3n) is 4.70. The molecule has 1 aliphatic rings. The molecule has 6 heteroatoms. The van der Waals surface area contributed by atoms with E-state index in [1.807, 2.05) is 41.1 Å². The van der Waals surface area contributed by atoms with Crippen LogP contribution in [0.25, 0.3) is 0 Å². The second kappa shape index (κ2) is 7.42. The molecule has 6 nitrogen and oxygen atoms in total. The van der Waals surface area contributed by atoms with Gasteiger partial charge >= 0.3 is 6.03 Å². The molecule has 0 spiro atoms. The standard InChI is InChI=1S/C19H24N4O2/c1-14(12-15-6-3-2-4-7-15)23-10-5-8-17(23)18(24)21-16-9-11-22(13-16)19(20)25/h2-8,10,14,16H,9,11-13H2,1H3,(H2,20,25)(H,21,24)/t14-,16-/m0/s1. The molecule has 1 aromatic heterocycles. The Labute approximate surface area is 147 Å². The highest BCUT2D eigenvalue weighted by Crippen LogP contribution is 2.18. The molecule has 1 fully saturated rings. The van der Waals surface area contributed by atoms with Crippen LogP contribution in [0.2, 0.25) is 0 Å². The summed E-state index contributed by atoms with van der Waals surface area (Å²) >= 11 is 0. The maximum atomic E-state index is 12.6. The number of amides is 3. The normalized spacial score (nSPS) is 18.1. The lowest BCUT2D eigenvalue weighted by Crippen LogP contribution is -2.40. The average Bonchev–Trinajstić information content (AvgIpc) is 3.25. The third kappa shape index (κ3) is 4.02. The summed E-state index contributed by atoms with van der Waals surface area (Å²) in [7, 11) is 0. The molecule has 3 N–H and O–H groups in total. The zero-order valence-corrected chi connectivity index (χ0v) is 14.4. The number of nitrogens with zero attached hydrogens (tertiary/aromatic N) is 2. The number of aromatic nitrogens is 1. The maximum Gasteiger partial charge on any atom is 0.314 e. The molecule has 3 rings (SSSR count). The molecule has 3 amide bonds. The maximum absolute atomic E-state index is 12.6. The van der Waals surface area contributed by atoms with E-state index in [1.165, 1.54) is 5.56 Å². The highest BCUT2D eigenvalue weighted by Gasteiger charge is 2.27. The van der Waals surface area contributed by atoms with Crippen molar-refractivity contribution in [3.8, 4) is 0 Å². The molecule has 0 aliphatic carbocycles. The second-order valence-corrected chi connectivity index (χ2v) is 6.58. The Kier molecular flexibility index (Phi) is 5.07. The van der Waals surface area contributed by atoms with E-state index < -0.39 is 6.03 Å². The molecule has 1 aromatic carbocycles. The molecule has 0 radical (unpaired) electrons. The minimum Gasteiger partial charge on any atom is -0.351 e. The molecular formula is C19H24N4O2. The highest BCUT2D eigenvalue weighted by molar-refractivity contribution is 5.93. The van der Waals surface area contributed by atoms with Gasteiger partial charge in [-0.05, 0) is 37.5 Å². The number of primary amides is 1. The Hall–Kier alpha value is -2.76. The van der Waals surface area contributed by atoms with E-state index in [9.17, 15) is 9.59 Å². The van der Waals surface area contributed by atoms with Gasteiger partial charge in [-0.15, -0.1) is 0 Å². The minimum absolute atomic E-state index is 0.0484. The van der Waals surface area contributed by atoms with Crippen molar-refractivity contribution in [1.29, 1.82) is 0 Å². The van der Waals surface area contributed by atoms with E-state index in [0.717, 1.165) is 12.8 Å². The highest BCUT2D eigenvalue weighted by atomic mass is 16.2. The zero-order chi connectivity index (χ0) is 17.8. The van der Waals surface area contributed by atoms with E-state index in [0.29, 0.717) is 18.8 Å². The van der Waals surface area contributed by atoms with Crippen molar-refractivity contribution in [2.24, 2.45) is 5.73 Å². The van der Waals surface area contributed by atoms with Crippen molar-refractivity contribution in [3.63, 3.8) is 0 Å². The van der Waals surface area contributed by atoms with Crippen molar-refractivity contribution in [1.82, 2.24) is 14.8 Å². The summed E-state index contributed by atoms with van der Waals surface area (Å²) in [6, 6.07) is 13.6. The van der Waals surface area contributed by atoms with Gasteiger partial charge in [-0.25, -0.2) is 4.79 Å². The third-order valence-corrected chi connectivity index (χ3v) is 4.70. The number of carbonyl (C=O) groups excluding carboxylic acids is 2. The van der Waals surface area contributed by atoms with Crippen molar-refractivity contribution < 1.29 is 9.59 Å². The van der Waals surface area contributed by atoms with Gasteiger partial charge in [-0.3, -0.25) is 4.79 Å². The Morgan fingerprint density at radius 3 is 2.68 bits per heavy atom. The molecular weight excluding hydrogens is 316 g/mol. The van der Waals surface area contributed by atoms with Crippen LogP contribution in [0.1, 0.15) is 35.4 Å². The number of nitrogens with one attached hydrogen (secondary N) is 1. The number of likely N-dealkylation sites (tertiary alicyclic amines) is 1. The number of benzene rings is 1. The average molecular weight is 340 g/mol. The summed E-state index contributed by atoms with van der Waals surface area (Å²) in [4.78, 5) is 25.4. The van der Waals surface area contributed by atoms with E-state index in [1.54, 1.807) is 4.90 Å². The van der Waals surface area contributed by atoms with Gasteiger partial charge in [0.1, 0.15) is 5.69 Å². The fraction of sp³-hybridized carbons (Fsp3) is 0.368. The van der Waals surface area contributed by atoms with Gasteiger partial charge < -0.3 is 20.5 Å². The monoisotopic (exact) mass is 340 g/mol. The predicted octanol–water partition coefficient (Wildman–Crippen LogP) is 2.17. The molecule has 2 atom stereocenters. The van der Waals surface area contributed by atoms with E-state index in [2.05, 4.69) is 24.4 Å². The number of hydrogen-bond donors (Lipinski definition) is 2. The molecule has 132 valence electrons. The van der Waals surface area contributed by atoms with E-state index >= 15 is 0 Å². The van der Waals surface area contributed by atoms with Crippen molar-refractivity contribution in [3.05, 3.63) is 59.9 Å². The molecule has 1 aliphatic heterocycles. The van der Waals surface area contributed by atoms with Crippen LogP contribution < -0.4 is 11.1 Å². The predicted molar refractivity (Wildman–Crippen MR) is 96.3 cm³/mol. The Balaban J connectivity index is 1.64. The molecule has 2 aromatic rings. The first kappa shape index (κ1) is 17.1. The summed E-state index contributed by atoms with van der Waals surface area (Å²) in [6.45, 7) is 3.17. The molecule has 1 saturated heterocycles. The fourth-order valence-electron chi connectivity index (χ4n) is 3.36. The van der Waals surface area contributed by atoms with Crippen LogP contribution >= 0.6 is 0 Å². The quantitative estimate of drug-likeness (QED) is 0.875. The summed E-state index contributed by atoms with van der Waals surface area (Å²) in [5, 5.41) is 3.02. The largest absolute Gasteiger partial charge is 0.351 e. The van der Waals surface area contributed by atoms with Gasteiger partial charge in [0.25, 0.3) is 5.91 Å². The van der Waals surface area contributed by atoms with Crippen LogP contribution in [0, 0.1) is 0 Å². The minimum atomic E-state index is -0.434. The van der Waals surface area contributed by atoms with E-state index in [-0.39, 0.29) is 18.0 Å². The summed E-state index contributed by atoms with van der Waals surface area (Å²) < 4.78 is 2.00. The summed E-state index contributed by atoms with van der Waals surface area (Å²) in [6.07, 6.45) is 3.52. The van der Waals surface area contributed by atoms with Gasteiger partial charge in [0, 0.05) is 31.4 Å². The van der Waals surface area contributed by atoms with Gasteiger partial charge in [-0.2, -0.15) is 0 Å². The second-order valence-electron chi connectivity index (χ2n) is 6.58. The van der Waals surface area contributed by atoms with Crippen LogP contribution in [0.4, 0.5) is 4.79 Å². The lowest BCUT2D eigenvalue weighted by Gasteiger charge is -2.19. The number of nitrogens with two attached hydrogens (primary N) is 1. The first-order valence-corrected chi connectivity index (χ1v) is 8.60. The molecule has 0 unspecified atom stereocenters. The fourth-order valence-corrected chi connectivity index (χ4v) is 3.36. The number of urea groups is 1.